The van der Waals surface area contributed by atoms with E-state index < -0.39 is 5.79 Å². The molecule has 0 unspecified atom stereocenters. The summed E-state index contributed by atoms with van der Waals surface area (Å²) in [5.74, 6) is 0.106. The number of ether oxygens (including phenoxy) is 2. The molecule has 2 aliphatic rings. The summed E-state index contributed by atoms with van der Waals surface area (Å²) in [4.78, 5) is 19.9. The third kappa shape index (κ3) is 2.48. The zero-order valence-corrected chi connectivity index (χ0v) is 12.3. The number of hydrogen-bond acceptors (Lipinski definition) is 4. The minimum Gasteiger partial charge on any atom is -0.348 e. The van der Waals surface area contributed by atoms with Gasteiger partial charge in [0.2, 0.25) is 11.9 Å². The maximum atomic E-state index is 12.4. The lowest BCUT2D eigenvalue weighted by Gasteiger charge is -2.34. The van der Waals surface area contributed by atoms with Gasteiger partial charge in [-0.2, -0.15) is 0 Å². The molecule has 1 aliphatic heterocycles. The Labute approximate surface area is 128 Å². The van der Waals surface area contributed by atoms with Crippen LogP contribution in [0.15, 0.2) is 24.3 Å². The van der Waals surface area contributed by atoms with Crippen LogP contribution in [0.5, 0.6) is 0 Å². The smallest absolute Gasteiger partial charge is 0.229 e. The normalized spacial score (nSPS) is 21.5. The highest BCUT2D eigenvalue weighted by atomic mass is 16.7. The zero-order chi connectivity index (χ0) is 15.0. The molecular weight excluding hydrogens is 282 g/mol. The molecule has 116 valence electrons. The van der Waals surface area contributed by atoms with Gasteiger partial charge in [0.15, 0.2) is 5.79 Å². The van der Waals surface area contributed by atoms with Crippen molar-refractivity contribution in [1.82, 2.24) is 9.97 Å². The van der Waals surface area contributed by atoms with E-state index in [0.29, 0.717) is 19.2 Å². The molecule has 6 nitrogen and oxygen atoms in total. The van der Waals surface area contributed by atoms with Crippen molar-refractivity contribution in [1.29, 1.82) is 0 Å². The maximum Gasteiger partial charge on any atom is 0.229 e. The first-order chi connectivity index (χ1) is 10.7. The first kappa shape index (κ1) is 13.7. The monoisotopic (exact) mass is 301 g/mol. The average molecular weight is 301 g/mol. The van der Waals surface area contributed by atoms with Gasteiger partial charge in [0.05, 0.1) is 24.2 Å². The van der Waals surface area contributed by atoms with E-state index >= 15 is 0 Å². The second-order valence-corrected chi connectivity index (χ2v) is 5.97. The van der Waals surface area contributed by atoms with Gasteiger partial charge in [-0.3, -0.25) is 10.1 Å². The largest absolute Gasteiger partial charge is 0.348 e. The van der Waals surface area contributed by atoms with Gasteiger partial charge in [-0.15, -0.1) is 0 Å². The van der Waals surface area contributed by atoms with Crippen LogP contribution in [0.25, 0.3) is 11.0 Å². The predicted octanol–water partition coefficient (Wildman–Crippen LogP) is 2.43. The average Bonchev–Trinajstić information content (AvgIpc) is 3.14. The van der Waals surface area contributed by atoms with Crippen LogP contribution in [0, 0.1) is 5.92 Å². The molecular formula is C16H19N3O3. The van der Waals surface area contributed by atoms with Crippen molar-refractivity contribution < 1.29 is 14.3 Å². The molecule has 0 radical (unpaired) electrons. The highest BCUT2D eigenvalue weighted by Gasteiger charge is 2.41. The van der Waals surface area contributed by atoms with Crippen LogP contribution in [0.2, 0.25) is 0 Å². The van der Waals surface area contributed by atoms with Crippen LogP contribution in [0.4, 0.5) is 5.95 Å². The molecule has 1 amide bonds. The standard InChI is InChI=1S/C16H19N3O3/c20-14(11-5-7-16(8-6-11)21-9-10-22-16)19-15-17-12-3-1-2-4-13(12)18-15/h1-4,11H,5-10H2,(H2,17,18,19,20). The molecule has 4 rings (SSSR count). The first-order valence-electron chi connectivity index (χ1n) is 7.78. The van der Waals surface area contributed by atoms with Crippen molar-refractivity contribution in [3.63, 3.8) is 0 Å². The third-order valence-electron chi connectivity index (χ3n) is 4.56. The summed E-state index contributed by atoms with van der Waals surface area (Å²) < 4.78 is 11.4. The Balaban J connectivity index is 1.40. The molecule has 0 bridgehead atoms. The van der Waals surface area contributed by atoms with Crippen molar-refractivity contribution >= 4 is 22.9 Å². The van der Waals surface area contributed by atoms with Gasteiger partial charge in [0.25, 0.3) is 0 Å². The number of para-hydroxylation sites is 2. The molecule has 2 heterocycles. The number of benzene rings is 1. The summed E-state index contributed by atoms with van der Waals surface area (Å²) in [6.45, 7) is 1.33. The van der Waals surface area contributed by atoms with Crippen LogP contribution in [0.3, 0.4) is 0 Å². The van der Waals surface area contributed by atoms with E-state index in [4.69, 9.17) is 9.47 Å². The molecule has 22 heavy (non-hydrogen) atoms. The van der Waals surface area contributed by atoms with Crippen LogP contribution >= 0.6 is 0 Å². The van der Waals surface area contributed by atoms with E-state index in [9.17, 15) is 4.79 Å². The number of nitrogens with zero attached hydrogens (tertiary/aromatic N) is 1. The van der Waals surface area contributed by atoms with Gasteiger partial charge in [-0.05, 0) is 25.0 Å². The van der Waals surface area contributed by atoms with E-state index in [1.807, 2.05) is 24.3 Å². The number of carbonyl (C=O) groups excluding carboxylic acids is 1. The Kier molecular flexibility index (Phi) is 3.35. The number of aromatic nitrogens is 2. The van der Waals surface area contributed by atoms with Crippen LogP contribution in [-0.2, 0) is 14.3 Å². The van der Waals surface area contributed by atoms with E-state index in [0.717, 1.165) is 36.7 Å². The van der Waals surface area contributed by atoms with Crippen molar-refractivity contribution in [2.75, 3.05) is 18.5 Å². The van der Waals surface area contributed by atoms with E-state index in [2.05, 4.69) is 15.3 Å². The number of amides is 1. The van der Waals surface area contributed by atoms with Crippen LogP contribution in [0.1, 0.15) is 25.7 Å². The first-order valence-corrected chi connectivity index (χ1v) is 7.78. The Morgan fingerprint density at radius 3 is 2.68 bits per heavy atom. The van der Waals surface area contributed by atoms with Gasteiger partial charge >= 0.3 is 0 Å². The third-order valence-corrected chi connectivity index (χ3v) is 4.56. The predicted molar refractivity (Wildman–Crippen MR) is 81.3 cm³/mol. The zero-order valence-electron chi connectivity index (χ0n) is 12.3. The lowest BCUT2D eigenvalue weighted by atomic mass is 9.84. The van der Waals surface area contributed by atoms with Gasteiger partial charge in [0, 0.05) is 18.8 Å². The van der Waals surface area contributed by atoms with Gasteiger partial charge < -0.3 is 14.5 Å². The summed E-state index contributed by atoms with van der Waals surface area (Å²) in [5, 5.41) is 2.89. The lowest BCUT2D eigenvalue weighted by Crippen LogP contribution is -2.38. The SMILES string of the molecule is O=C(Nc1nc2ccccc2[nH]1)C1CCC2(CC1)OCCO2. The summed E-state index contributed by atoms with van der Waals surface area (Å²) in [7, 11) is 0. The highest BCUT2D eigenvalue weighted by Crippen LogP contribution is 2.38. The second kappa shape index (κ2) is 5.37. The number of fused-ring (bicyclic) bond motifs is 1. The van der Waals surface area contributed by atoms with Gasteiger partial charge in [0.1, 0.15) is 0 Å². The van der Waals surface area contributed by atoms with Gasteiger partial charge in [-0.25, -0.2) is 4.98 Å². The molecule has 1 aromatic carbocycles. The number of H-pyrrole nitrogens is 1. The van der Waals surface area contributed by atoms with Crippen molar-refractivity contribution in [2.45, 2.75) is 31.5 Å². The molecule has 2 N–H and O–H groups in total. The van der Waals surface area contributed by atoms with Crippen LogP contribution in [-0.4, -0.2) is 34.9 Å². The number of nitrogens with one attached hydrogen (secondary N) is 2. The quantitative estimate of drug-likeness (QED) is 0.893. The fraction of sp³-hybridized carbons (Fsp3) is 0.500. The maximum absolute atomic E-state index is 12.4. The number of carbonyl (C=O) groups is 1. The Morgan fingerprint density at radius 1 is 1.23 bits per heavy atom. The summed E-state index contributed by atoms with van der Waals surface area (Å²) in [6.07, 6.45) is 3.13. The number of aromatic amines is 1. The molecule has 1 saturated carbocycles. The molecule has 2 aromatic rings. The van der Waals surface area contributed by atoms with E-state index in [1.165, 1.54) is 0 Å². The summed E-state index contributed by atoms with van der Waals surface area (Å²) in [5.41, 5.74) is 1.78. The lowest BCUT2D eigenvalue weighted by molar-refractivity contribution is -0.182. The van der Waals surface area contributed by atoms with E-state index in [1.54, 1.807) is 0 Å². The molecule has 6 heteroatoms. The minimum absolute atomic E-state index is 0.00774. The number of imidazole rings is 1. The molecule has 0 atom stereocenters. The van der Waals surface area contributed by atoms with Crippen LogP contribution < -0.4 is 5.32 Å². The fourth-order valence-corrected chi connectivity index (χ4v) is 3.34. The molecule has 1 aromatic heterocycles. The van der Waals surface area contributed by atoms with E-state index in [-0.39, 0.29) is 11.8 Å². The molecule has 1 aliphatic carbocycles. The second-order valence-electron chi connectivity index (χ2n) is 5.97. The fourth-order valence-electron chi connectivity index (χ4n) is 3.34. The van der Waals surface area contributed by atoms with Crippen molar-refractivity contribution in [3.05, 3.63) is 24.3 Å². The molecule has 1 saturated heterocycles. The minimum atomic E-state index is -0.420. The Hall–Kier alpha value is -1.92. The molecule has 2 fully saturated rings. The number of anilines is 1. The summed E-state index contributed by atoms with van der Waals surface area (Å²) in [6, 6.07) is 7.73. The van der Waals surface area contributed by atoms with Crippen molar-refractivity contribution in [2.24, 2.45) is 5.92 Å². The molecule has 1 spiro atoms. The number of rotatable bonds is 2. The van der Waals surface area contributed by atoms with Crippen molar-refractivity contribution in [3.8, 4) is 0 Å². The Morgan fingerprint density at radius 2 is 1.95 bits per heavy atom. The topological polar surface area (TPSA) is 76.2 Å². The van der Waals surface area contributed by atoms with Gasteiger partial charge in [-0.1, -0.05) is 12.1 Å². The number of hydrogen-bond donors (Lipinski definition) is 2. The Bertz CT molecular complexity index is 648. The summed E-state index contributed by atoms with van der Waals surface area (Å²) >= 11 is 0. The highest BCUT2D eigenvalue weighted by molar-refractivity contribution is 5.92.